The van der Waals surface area contributed by atoms with Gasteiger partial charge in [-0.1, -0.05) is 29.3 Å². The summed E-state index contributed by atoms with van der Waals surface area (Å²) in [6, 6.07) is 8.92. The summed E-state index contributed by atoms with van der Waals surface area (Å²) in [6.07, 6.45) is 6.60. The molecular weight excluding hydrogens is 489 g/mol. The number of carbonyl (C=O) groups excluding carboxylic acids is 2. The number of likely N-dealkylation sites (tertiary alicyclic amines) is 2. The van der Waals surface area contributed by atoms with Gasteiger partial charge in [0.05, 0.1) is 33.8 Å². The van der Waals surface area contributed by atoms with Gasteiger partial charge in [0.15, 0.2) is 5.69 Å². The summed E-state index contributed by atoms with van der Waals surface area (Å²) in [6.45, 7) is 3.73. The normalized spacial score (nSPS) is 18.2. The predicted octanol–water partition coefficient (Wildman–Crippen LogP) is 3.73. The minimum absolute atomic E-state index is 0.0196. The van der Waals surface area contributed by atoms with Crippen molar-refractivity contribution in [3.8, 4) is 5.69 Å². The SMILES string of the molecule is NC(=O)c1nn(-c2c(Cl)cccc2Cl)cc1Nc1ccc(C(=O)N2CC[C@@H](N3CCCC3)C2)nc1. The first-order chi connectivity index (χ1) is 16.9. The summed E-state index contributed by atoms with van der Waals surface area (Å²) in [5.74, 6) is -0.784. The van der Waals surface area contributed by atoms with Gasteiger partial charge in [0.25, 0.3) is 11.8 Å². The molecule has 2 fully saturated rings. The number of hydrogen-bond donors (Lipinski definition) is 2. The average molecular weight is 514 g/mol. The molecule has 4 heterocycles. The number of nitrogens with two attached hydrogens (primary N) is 1. The third kappa shape index (κ3) is 4.84. The van der Waals surface area contributed by atoms with Crippen molar-refractivity contribution < 1.29 is 9.59 Å². The van der Waals surface area contributed by atoms with Crippen LogP contribution in [0.5, 0.6) is 0 Å². The van der Waals surface area contributed by atoms with Gasteiger partial charge in [0.2, 0.25) is 0 Å². The minimum atomic E-state index is -0.712. The van der Waals surface area contributed by atoms with Gasteiger partial charge in [-0.3, -0.25) is 14.5 Å². The van der Waals surface area contributed by atoms with Crippen molar-refractivity contribution in [2.75, 3.05) is 31.5 Å². The fraction of sp³-hybridized carbons (Fsp3) is 0.333. The van der Waals surface area contributed by atoms with E-state index >= 15 is 0 Å². The second-order valence-electron chi connectivity index (χ2n) is 8.76. The van der Waals surface area contributed by atoms with E-state index in [1.165, 1.54) is 17.5 Å². The lowest BCUT2D eigenvalue weighted by molar-refractivity contribution is 0.0774. The number of carbonyl (C=O) groups is 2. The molecule has 3 aromatic rings. The van der Waals surface area contributed by atoms with E-state index in [0.29, 0.717) is 38.8 Å². The van der Waals surface area contributed by atoms with E-state index in [-0.39, 0.29) is 11.6 Å². The summed E-state index contributed by atoms with van der Waals surface area (Å²) in [4.78, 5) is 33.7. The number of para-hydroxylation sites is 1. The molecule has 2 amide bonds. The highest BCUT2D eigenvalue weighted by molar-refractivity contribution is 6.37. The Morgan fingerprint density at radius 3 is 2.46 bits per heavy atom. The molecule has 182 valence electrons. The van der Waals surface area contributed by atoms with Crippen LogP contribution in [0.4, 0.5) is 11.4 Å². The lowest BCUT2D eigenvalue weighted by Gasteiger charge is -2.23. The summed E-state index contributed by atoms with van der Waals surface area (Å²) < 4.78 is 1.41. The number of primary amides is 1. The zero-order valence-electron chi connectivity index (χ0n) is 19.0. The summed E-state index contributed by atoms with van der Waals surface area (Å²) in [5.41, 5.74) is 7.31. The molecule has 0 unspecified atom stereocenters. The third-order valence-corrected chi connectivity index (χ3v) is 7.09. The number of amides is 2. The standard InChI is InChI=1S/C24H25Cl2N7O2/c25-17-4-3-5-18(26)22(17)33-14-20(21(30-33)23(27)34)29-15-6-7-19(28-12-15)24(35)32-11-8-16(13-32)31-9-1-2-10-31/h3-7,12,14,16,29H,1-2,8-11,13H2,(H2,27,34)/t16-/m1/s1. The molecule has 0 aliphatic carbocycles. The quantitative estimate of drug-likeness (QED) is 0.519. The Morgan fingerprint density at radius 2 is 1.80 bits per heavy atom. The van der Waals surface area contributed by atoms with E-state index in [2.05, 4.69) is 20.3 Å². The van der Waals surface area contributed by atoms with Gasteiger partial charge in [0.1, 0.15) is 11.4 Å². The molecule has 2 aliphatic rings. The molecule has 2 aromatic heterocycles. The molecule has 1 aromatic carbocycles. The molecule has 2 aliphatic heterocycles. The highest BCUT2D eigenvalue weighted by atomic mass is 35.5. The monoisotopic (exact) mass is 513 g/mol. The molecule has 5 rings (SSSR count). The van der Waals surface area contributed by atoms with E-state index in [1.807, 2.05) is 4.90 Å². The zero-order valence-corrected chi connectivity index (χ0v) is 20.5. The number of halogens is 2. The summed E-state index contributed by atoms with van der Waals surface area (Å²) in [7, 11) is 0. The first-order valence-corrected chi connectivity index (χ1v) is 12.3. The first kappa shape index (κ1) is 23.6. The van der Waals surface area contributed by atoms with E-state index in [0.717, 1.165) is 32.6 Å². The van der Waals surface area contributed by atoms with Crippen molar-refractivity contribution in [3.05, 3.63) is 64.2 Å². The first-order valence-electron chi connectivity index (χ1n) is 11.5. The van der Waals surface area contributed by atoms with Crippen molar-refractivity contribution in [2.24, 2.45) is 5.73 Å². The van der Waals surface area contributed by atoms with Crippen molar-refractivity contribution in [1.29, 1.82) is 0 Å². The Bertz CT molecular complexity index is 1240. The molecule has 0 saturated carbocycles. The molecule has 1 atom stereocenters. The second kappa shape index (κ2) is 9.85. The molecule has 35 heavy (non-hydrogen) atoms. The topological polar surface area (TPSA) is 109 Å². The maximum absolute atomic E-state index is 13.0. The van der Waals surface area contributed by atoms with Gasteiger partial charge in [-0.15, -0.1) is 0 Å². The van der Waals surface area contributed by atoms with Gasteiger partial charge in [-0.05, 0) is 56.6 Å². The van der Waals surface area contributed by atoms with Crippen LogP contribution in [0.2, 0.25) is 10.0 Å². The van der Waals surface area contributed by atoms with Crippen molar-refractivity contribution in [1.82, 2.24) is 24.6 Å². The Hall–Kier alpha value is -3.14. The zero-order chi connectivity index (χ0) is 24.5. The smallest absolute Gasteiger partial charge is 0.272 e. The van der Waals surface area contributed by atoms with Crippen molar-refractivity contribution in [2.45, 2.75) is 25.3 Å². The fourth-order valence-corrected chi connectivity index (χ4v) is 5.28. The van der Waals surface area contributed by atoms with Crippen LogP contribution in [0, 0.1) is 0 Å². The molecule has 0 radical (unpaired) electrons. The average Bonchev–Trinajstić information content (AvgIpc) is 3.60. The minimum Gasteiger partial charge on any atom is -0.364 e. The maximum atomic E-state index is 13.0. The van der Waals surface area contributed by atoms with Gasteiger partial charge >= 0.3 is 0 Å². The van der Waals surface area contributed by atoms with Crippen molar-refractivity contribution in [3.63, 3.8) is 0 Å². The molecular formula is C24H25Cl2N7O2. The number of hydrogen-bond acceptors (Lipinski definition) is 6. The maximum Gasteiger partial charge on any atom is 0.272 e. The van der Waals surface area contributed by atoms with Gasteiger partial charge in [0, 0.05) is 19.1 Å². The Labute approximate surface area is 212 Å². The van der Waals surface area contributed by atoms with E-state index in [1.54, 1.807) is 42.7 Å². The Morgan fingerprint density at radius 1 is 1.06 bits per heavy atom. The highest BCUT2D eigenvalue weighted by Crippen LogP contribution is 2.30. The summed E-state index contributed by atoms with van der Waals surface area (Å²) >= 11 is 12.6. The predicted molar refractivity (Wildman–Crippen MR) is 135 cm³/mol. The number of benzene rings is 1. The molecule has 11 heteroatoms. The van der Waals surface area contributed by atoms with Gasteiger partial charge in [-0.2, -0.15) is 5.10 Å². The number of nitrogens with one attached hydrogen (secondary N) is 1. The number of pyridine rings is 1. The van der Waals surface area contributed by atoms with E-state index in [9.17, 15) is 9.59 Å². The Kier molecular flexibility index (Phi) is 6.64. The van der Waals surface area contributed by atoms with Crippen LogP contribution in [0.15, 0.2) is 42.7 Å². The number of rotatable bonds is 6. The molecule has 0 bridgehead atoms. The van der Waals surface area contributed by atoms with Crippen LogP contribution >= 0.6 is 23.2 Å². The second-order valence-corrected chi connectivity index (χ2v) is 9.58. The largest absolute Gasteiger partial charge is 0.364 e. The van der Waals surface area contributed by atoms with E-state index < -0.39 is 5.91 Å². The lowest BCUT2D eigenvalue weighted by atomic mass is 10.2. The van der Waals surface area contributed by atoms with Crippen LogP contribution in [0.1, 0.15) is 40.2 Å². The fourth-order valence-electron chi connectivity index (χ4n) is 4.71. The van der Waals surface area contributed by atoms with Crippen molar-refractivity contribution >= 4 is 46.4 Å². The summed E-state index contributed by atoms with van der Waals surface area (Å²) in [5, 5.41) is 8.11. The molecule has 3 N–H and O–H groups in total. The van der Waals surface area contributed by atoms with Gasteiger partial charge in [-0.25, -0.2) is 9.67 Å². The molecule has 2 saturated heterocycles. The van der Waals surface area contributed by atoms with Crippen LogP contribution in [-0.4, -0.2) is 68.6 Å². The lowest BCUT2D eigenvalue weighted by Crippen LogP contribution is -2.37. The van der Waals surface area contributed by atoms with Crippen LogP contribution < -0.4 is 11.1 Å². The van der Waals surface area contributed by atoms with Gasteiger partial charge < -0.3 is 16.0 Å². The molecule has 0 spiro atoms. The third-order valence-electron chi connectivity index (χ3n) is 6.48. The number of aromatic nitrogens is 3. The molecule has 9 nitrogen and oxygen atoms in total. The number of nitrogens with zero attached hydrogens (tertiary/aromatic N) is 5. The van der Waals surface area contributed by atoms with Crippen LogP contribution in [0.3, 0.4) is 0 Å². The van der Waals surface area contributed by atoms with Crippen LogP contribution in [0.25, 0.3) is 5.69 Å². The van der Waals surface area contributed by atoms with E-state index in [4.69, 9.17) is 28.9 Å². The highest BCUT2D eigenvalue weighted by Gasteiger charge is 2.32. The Balaban J connectivity index is 1.31. The number of anilines is 2. The van der Waals surface area contributed by atoms with Crippen LogP contribution in [-0.2, 0) is 0 Å².